The van der Waals surface area contributed by atoms with E-state index in [0.29, 0.717) is 19.3 Å². The predicted molar refractivity (Wildman–Crippen MR) is 228 cm³/mol. The van der Waals surface area contributed by atoms with Crippen LogP contribution >= 0.6 is 0 Å². The van der Waals surface area contributed by atoms with E-state index in [2.05, 4.69) is 37.2 Å². The summed E-state index contributed by atoms with van der Waals surface area (Å²) < 4.78 is 0. The van der Waals surface area contributed by atoms with Crippen LogP contribution in [-0.2, 0) is 47.9 Å². The highest BCUT2D eigenvalue weighted by molar-refractivity contribution is 5.99. The Bertz CT molecular complexity index is 1680. The molecule has 0 aliphatic carbocycles. The Kier molecular flexibility index (Phi) is 23.0. The largest absolute Gasteiger partial charge is 0.480 e. The van der Waals surface area contributed by atoms with Crippen molar-refractivity contribution < 1.29 is 53.1 Å². The summed E-state index contributed by atoms with van der Waals surface area (Å²) in [7, 11) is 0. The lowest BCUT2D eigenvalue weighted by Crippen LogP contribution is -2.61. The number of rotatable bonds is 27. The molecule has 1 saturated heterocycles. The summed E-state index contributed by atoms with van der Waals surface area (Å²) in [6, 6.07) is -10.3. The fraction of sp³-hybridized carbons (Fsp3) is 0.718. The molecular formula is C39H69N13O11. The van der Waals surface area contributed by atoms with Crippen LogP contribution in [0.3, 0.4) is 0 Å². The minimum Gasteiger partial charge on any atom is -0.480 e. The van der Waals surface area contributed by atoms with Gasteiger partial charge in [0.25, 0.3) is 0 Å². The van der Waals surface area contributed by atoms with E-state index < -0.39 is 138 Å². The third-order valence-corrected chi connectivity index (χ3v) is 10.8. The zero-order chi connectivity index (χ0) is 48.3. The Morgan fingerprint density at radius 3 is 1.75 bits per heavy atom. The molecule has 0 saturated carbocycles. The molecule has 356 valence electrons. The quantitative estimate of drug-likeness (QED) is 0.0213. The van der Waals surface area contributed by atoms with E-state index in [1.807, 2.05) is 0 Å². The fourth-order valence-corrected chi connectivity index (χ4v) is 6.60. The molecule has 0 aromatic carbocycles. The van der Waals surface area contributed by atoms with Crippen LogP contribution in [0.1, 0.15) is 99.8 Å². The molecule has 63 heavy (non-hydrogen) atoms. The summed E-state index contributed by atoms with van der Waals surface area (Å²) in [5, 5.41) is 34.3. The monoisotopic (exact) mass is 896 g/mol. The Balaban J connectivity index is 3.20. The summed E-state index contributed by atoms with van der Waals surface area (Å²) in [6.45, 7) is 11.8. The van der Waals surface area contributed by atoms with Crippen LogP contribution in [0.2, 0.25) is 0 Å². The lowest BCUT2D eigenvalue weighted by molar-refractivity contribution is -0.143. The number of amides is 9. The van der Waals surface area contributed by atoms with E-state index in [9.17, 15) is 53.1 Å². The van der Waals surface area contributed by atoms with Gasteiger partial charge in [0.1, 0.15) is 42.3 Å². The van der Waals surface area contributed by atoms with E-state index in [-0.39, 0.29) is 38.3 Å². The minimum absolute atomic E-state index is 0.0158. The molecule has 0 unspecified atom stereocenters. The smallest absolute Gasteiger partial charge is 0.326 e. The van der Waals surface area contributed by atoms with Gasteiger partial charge in [-0.1, -0.05) is 54.4 Å². The van der Waals surface area contributed by atoms with Gasteiger partial charge in [0, 0.05) is 13.1 Å². The first-order chi connectivity index (χ1) is 29.4. The molecule has 1 fully saturated rings. The number of carbonyl (C=O) groups is 10. The fourth-order valence-electron chi connectivity index (χ4n) is 6.60. The van der Waals surface area contributed by atoms with Crippen molar-refractivity contribution in [1.29, 1.82) is 5.41 Å². The van der Waals surface area contributed by atoms with Gasteiger partial charge in [-0.2, -0.15) is 0 Å². The third kappa shape index (κ3) is 18.1. The van der Waals surface area contributed by atoms with E-state index in [1.54, 1.807) is 41.5 Å². The van der Waals surface area contributed by atoms with Crippen molar-refractivity contribution in [2.45, 2.75) is 148 Å². The zero-order valence-electron chi connectivity index (χ0n) is 37.2. The number of primary amides is 2. The molecule has 1 aliphatic heterocycles. The van der Waals surface area contributed by atoms with Crippen LogP contribution in [0.15, 0.2) is 0 Å². The maximum atomic E-state index is 13.9. The maximum Gasteiger partial charge on any atom is 0.326 e. The predicted octanol–water partition coefficient (Wildman–Crippen LogP) is -3.92. The molecule has 9 amide bonds. The Morgan fingerprint density at radius 2 is 1.22 bits per heavy atom. The molecule has 0 radical (unpaired) electrons. The van der Waals surface area contributed by atoms with E-state index in [4.69, 9.17) is 28.3 Å². The first-order valence-electron chi connectivity index (χ1n) is 21.1. The normalized spacial score (nSPS) is 17.8. The molecular weight excluding hydrogens is 827 g/mol. The lowest BCUT2D eigenvalue weighted by atomic mass is 9.96. The summed E-state index contributed by atoms with van der Waals surface area (Å²) >= 11 is 0. The number of carboxylic acids is 1. The molecule has 24 heteroatoms. The van der Waals surface area contributed by atoms with Crippen molar-refractivity contribution in [2.75, 3.05) is 13.1 Å². The number of carbonyl (C=O) groups excluding carboxylic acids is 9. The van der Waals surface area contributed by atoms with Crippen LogP contribution < -0.4 is 60.2 Å². The molecule has 0 aromatic heterocycles. The van der Waals surface area contributed by atoms with Gasteiger partial charge < -0.3 is 70.2 Å². The number of hydrogen-bond donors (Lipinski definition) is 13. The molecule has 10 atom stereocenters. The molecule has 0 spiro atoms. The van der Waals surface area contributed by atoms with Crippen molar-refractivity contribution in [3.8, 4) is 0 Å². The first kappa shape index (κ1) is 54.9. The highest BCUT2D eigenvalue weighted by Crippen LogP contribution is 2.22. The number of nitrogens with zero attached hydrogens (tertiary/aromatic N) is 1. The van der Waals surface area contributed by atoms with Crippen molar-refractivity contribution in [3.05, 3.63) is 0 Å². The Hall–Kier alpha value is -6.07. The Labute approximate surface area is 367 Å². The van der Waals surface area contributed by atoms with E-state index >= 15 is 0 Å². The molecule has 1 aliphatic rings. The number of nitrogens with one attached hydrogen (secondary N) is 8. The first-order valence-corrected chi connectivity index (χ1v) is 21.1. The summed E-state index contributed by atoms with van der Waals surface area (Å²) in [5.74, 6) is -10.6. The molecule has 1 heterocycles. The summed E-state index contributed by atoms with van der Waals surface area (Å²) in [6.07, 6.45) is 0.516. The second-order valence-corrected chi connectivity index (χ2v) is 16.3. The van der Waals surface area contributed by atoms with Crippen molar-refractivity contribution in [2.24, 2.45) is 40.7 Å². The minimum atomic E-state index is -1.63. The maximum absolute atomic E-state index is 13.9. The van der Waals surface area contributed by atoms with Gasteiger partial charge in [-0.25, -0.2) is 4.79 Å². The number of nitrogens with two attached hydrogens (primary N) is 4. The van der Waals surface area contributed by atoms with Crippen LogP contribution in [0.25, 0.3) is 0 Å². The molecule has 0 aromatic rings. The molecule has 17 N–H and O–H groups in total. The second kappa shape index (κ2) is 26.4. The van der Waals surface area contributed by atoms with Gasteiger partial charge in [-0.15, -0.1) is 0 Å². The Morgan fingerprint density at radius 1 is 0.683 bits per heavy atom. The van der Waals surface area contributed by atoms with Crippen molar-refractivity contribution in [1.82, 2.24) is 42.1 Å². The lowest BCUT2D eigenvalue weighted by Gasteiger charge is -2.33. The van der Waals surface area contributed by atoms with Crippen LogP contribution in [-0.4, -0.2) is 137 Å². The third-order valence-electron chi connectivity index (χ3n) is 10.8. The van der Waals surface area contributed by atoms with Gasteiger partial charge >= 0.3 is 5.97 Å². The van der Waals surface area contributed by atoms with Crippen LogP contribution in [0.4, 0.5) is 0 Å². The average Bonchev–Trinajstić information content (AvgIpc) is 3.70. The van der Waals surface area contributed by atoms with Crippen LogP contribution in [0, 0.1) is 23.2 Å². The molecule has 1 rings (SSSR count). The molecule has 24 nitrogen and oxygen atoms in total. The van der Waals surface area contributed by atoms with Gasteiger partial charge in [0.15, 0.2) is 5.96 Å². The summed E-state index contributed by atoms with van der Waals surface area (Å²) in [4.78, 5) is 131. The zero-order valence-corrected chi connectivity index (χ0v) is 37.2. The number of carboxylic acid groups (broad SMARTS) is 1. The standard InChI is InChI=1S/C39H69N13O11/c1-8-19(5)29(36(60)46-21(7)31(55)47-23(38(62)63)12-10-14-45-39(43)44)50-33(57)24(17-27(42)54)48-35(59)28(18(3)4)49-34(58)25-13-11-15-52(25)37(61)30(20(6)9-2)51-32(56)22(40)16-26(41)53/h18-25,28-30H,8-17,40H2,1-7H3,(H2,41,53)(H2,42,54)(H,46,60)(H,47,55)(H,48,59)(H,49,58)(H,50,57)(H,51,56)(H,62,63)(H4,43,44,45)/t19-,20-,21-,22-,23-,24-,25-,28-,29-,30-/m0/s1. The second-order valence-electron chi connectivity index (χ2n) is 16.3. The number of likely N-dealkylation sites (tertiary alicyclic amines) is 1. The number of hydrogen-bond acceptors (Lipinski definition) is 12. The molecule has 0 bridgehead atoms. The van der Waals surface area contributed by atoms with Gasteiger partial charge in [-0.3, -0.25) is 48.6 Å². The topological polar surface area (TPSA) is 406 Å². The number of guanidine groups is 1. The average molecular weight is 896 g/mol. The number of aliphatic carboxylic acids is 1. The highest BCUT2D eigenvalue weighted by Gasteiger charge is 2.41. The van der Waals surface area contributed by atoms with E-state index in [1.165, 1.54) is 11.8 Å². The highest BCUT2D eigenvalue weighted by atomic mass is 16.4. The van der Waals surface area contributed by atoms with E-state index in [0.717, 1.165) is 0 Å². The van der Waals surface area contributed by atoms with Crippen molar-refractivity contribution in [3.63, 3.8) is 0 Å². The van der Waals surface area contributed by atoms with Gasteiger partial charge in [0.2, 0.25) is 53.2 Å². The van der Waals surface area contributed by atoms with Gasteiger partial charge in [-0.05, 0) is 50.4 Å². The van der Waals surface area contributed by atoms with Gasteiger partial charge in [0.05, 0.1) is 18.9 Å². The SMILES string of the molecule is CC[C@H](C)[C@H](NC(=O)[C@H](CC(N)=O)NC(=O)[C@@H](NC(=O)[C@@H]1CCCN1C(=O)[C@@H](NC(=O)[C@@H](N)CC(N)=O)[C@@H](C)CC)C(C)C)C(=O)N[C@@H](C)C(=O)N[C@@H](CCCNC(=N)N)C(=O)O. The summed E-state index contributed by atoms with van der Waals surface area (Å²) in [5.41, 5.74) is 21.7. The van der Waals surface area contributed by atoms with Crippen LogP contribution in [0.5, 0.6) is 0 Å². The van der Waals surface area contributed by atoms with Crippen molar-refractivity contribution >= 4 is 65.1 Å².